The second-order valence-electron chi connectivity index (χ2n) is 12.9. The summed E-state index contributed by atoms with van der Waals surface area (Å²) in [5.41, 5.74) is 3.44. The summed E-state index contributed by atoms with van der Waals surface area (Å²) in [4.78, 5) is 20.6. The van der Waals surface area contributed by atoms with Crippen molar-refractivity contribution in [3.63, 3.8) is 0 Å². The lowest BCUT2D eigenvalue weighted by Gasteiger charge is -2.37. The van der Waals surface area contributed by atoms with Gasteiger partial charge in [0.1, 0.15) is 0 Å². The molecule has 1 saturated heterocycles. The van der Waals surface area contributed by atoms with Crippen LogP contribution in [0.5, 0.6) is 0 Å². The Labute approximate surface area is 228 Å². The zero-order valence-electron chi connectivity index (χ0n) is 24.5. The van der Waals surface area contributed by atoms with Gasteiger partial charge in [0.05, 0.1) is 0 Å². The number of fused-ring (bicyclic) bond motifs is 1. The molecule has 0 aromatic heterocycles. The normalized spacial score (nSPS) is 21.8. The van der Waals surface area contributed by atoms with Crippen molar-refractivity contribution in [3.8, 4) is 0 Å². The smallest absolute Gasteiger partial charge is 0.254 e. The summed E-state index contributed by atoms with van der Waals surface area (Å²) in [6.45, 7) is 16.1. The molecule has 1 amide bonds. The fraction of sp³-hybridized carbons (Fsp3) is 0.788. The highest BCUT2D eigenvalue weighted by Gasteiger charge is 2.34. The Bertz CT molecular complexity index is 840. The van der Waals surface area contributed by atoms with Gasteiger partial charge in [-0.2, -0.15) is 0 Å². The monoisotopic (exact) mass is 509 g/mol. The van der Waals surface area contributed by atoms with Crippen LogP contribution >= 0.6 is 0 Å². The van der Waals surface area contributed by atoms with Gasteiger partial charge in [0.25, 0.3) is 5.91 Å². The number of piperazine rings is 1. The van der Waals surface area contributed by atoms with Gasteiger partial charge in [-0.25, -0.2) is 0 Å². The Morgan fingerprint density at radius 1 is 0.838 bits per heavy atom. The van der Waals surface area contributed by atoms with E-state index in [4.69, 9.17) is 0 Å². The lowest BCUT2D eigenvalue weighted by atomic mass is 9.92. The highest BCUT2D eigenvalue weighted by Crippen LogP contribution is 2.33. The zero-order valence-corrected chi connectivity index (χ0v) is 24.5. The van der Waals surface area contributed by atoms with Crippen molar-refractivity contribution in [3.05, 3.63) is 29.3 Å². The molecule has 0 N–H and O–H groups in total. The van der Waals surface area contributed by atoms with Gasteiger partial charge >= 0.3 is 0 Å². The number of amides is 1. The van der Waals surface area contributed by atoms with Crippen LogP contribution in [0.15, 0.2) is 18.2 Å². The number of rotatable bonds is 13. The molecule has 208 valence electrons. The molecule has 3 aliphatic rings. The van der Waals surface area contributed by atoms with E-state index in [-0.39, 0.29) is 5.91 Å². The van der Waals surface area contributed by atoms with Gasteiger partial charge < -0.3 is 9.80 Å². The number of nitrogens with zero attached hydrogens (tertiary/aromatic N) is 3. The van der Waals surface area contributed by atoms with Gasteiger partial charge in [0.2, 0.25) is 0 Å². The minimum Gasteiger partial charge on any atom is -0.369 e. The number of hydrogen-bond donors (Lipinski definition) is 0. The fourth-order valence-electron chi connectivity index (χ4n) is 6.89. The Morgan fingerprint density at radius 3 is 2.16 bits per heavy atom. The number of anilines is 1. The molecule has 4 rings (SSSR count). The quantitative estimate of drug-likeness (QED) is 0.272. The molecule has 2 heterocycles. The summed E-state index contributed by atoms with van der Waals surface area (Å²) in [5, 5.41) is 0. The van der Waals surface area contributed by atoms with E-state index in [1.807, 2.05) is 0 Å². The number of hydrogen-bond acceptors (Lipinski definition) is 3. The van der Waals surface area contributed by atoms with E-state index in [0.717, 1.165) is 56.0 Å². The second-order valence-corrected chi connectivity index (χ2v) is 12.9. The van der Waals surface area contributed by atoms with Gasteiger partial charge in [-0.15, -0.1) is 0 Å². The van der Waals surface area contributed by atoms with Crippen LogP contribution in [-0.4, -0.2) is 54.5 Å². The first-order valence-electron chi connectivity index (χ1n) is 15.9. The molecule has 1 aromatic carbocycles. The predicted octanol–water partition coefficient (Wildman–Crippen LogP) is 7.76. The molecule has 0 spiro atoms. The molecule has 4 heteroatoms. The molecule has 3 atom stereocenters. The van der Waals surface area contributed by atoms with E-state index in [9.17, 15) is 4.79 Å². The van der Waals surface area contributed by atoms with Crippen molar-refractivity contribution in [1.29, 1.82) is 0 Å². The third-order valence-corrected chi connectivity index (χ3v) is 9.73. The van der Waals surface area contributed by atoms with Crippen molar-refractivity contribution in [2.24, 2.45) is 17.8 Å². The molecule has 2 fully saturated rings. The van der Waals surface area contributed by atoms with Gasteiger partial charge in [-0.05, 0) is 54.7 Å². The first-order valence-corrected chi connectivity index (χ1v) is 15.9. The third-order valence-electron chi connectivity index (χ3n) is 9.73. The number of carbonyl (C=O) groups excluding carboxylic acids is 1. The lowest BCUT2D eigenvalue weighted by Crippen LogP contribution is -2.47. The van der Waals surface area contributed by atoms with Gasteiger partial charge in [0.15, 0.2) is 0 Å². The van der Waals surface area contributed by atoms with Crippen molar-refractivity contribution in [2.75, 3.05) is 37.6 Å². The van der Waals surface area contributed by atoms with Crippen LogP contribution in [0.25, 0.3) is 0 Å². The van der Waals surface area contributed by atoms with E-state index in [0.29, 0.717) is 6.04 Å². The first kappa shape index (κ1) is 28.5. The van der Waals surface area contributed by atoms with Gasteiger partial charge in [0, 0.05) is 56.6 Å². The number of benzene rings is 1. The van der Waals surface area contributed by atoms with Crippen molar-refractivity contribution in [1.82, 2.24) is 9.80 Å². The average Bonchev–Trinajstić information content (AvgIpc) is 3.25. The van der Waals surface area contributed by atoms with Crippen LogP contribution in [0.3, 0.4) is 0 Å². The Morgan fingerprint density at radius 2 is 1.49 bits per heavy atom. The SMILES string of the molecule is CCC(C)CCCC(C)CCCC(C)CN1CCN(c2ccc3c(c2)C(=O)N(C2CCCCC2)C3)CC1. The van der Waals surface area contributed by atoms with Crippen LogP contribution in [0.4, 0.5) is 5.69 Å². The van der Waals surface area contributed by atoms with Crippen LogP contribution < -0.4 is 4.90 Å². The summed E-state index contributed by atoms with van der Waals surface area (Å²) in [6, 6.07) is 7.15. The van der Waals surface area contributed by atoms with E-state index < -0.39 is 0 Å². The van der Waals surface area contributed by atoms with Gasteiger partial charge in [-0.1, -0.05) is 91.5 Å². The molecule has 2 aliphatic heterocycles. The van der Waals surface area contributed by atoms with Crippen molar-refractivity contribution < 1.29 is 4.79 Å². The zero-order chi connectivity index (χ0) is 26.2. The summed E-state index contributed by atoms with van der Waals surface area (Å²) < 4.78 is 0. The molecule has 1 saturated carbocycles. The average molecular weight is 510 g/mol. The molecule has 0 radical (unpaired) electrons. The fourth-order valence-corrected chi connectivity index (χ4v) is 6.89. The summed E-state index contributed by atoms with van der Waals surface area (Å²) in [6.07, 6.45) is 15.9. The molecular weight excluding hydrogens is 454 g/mol. The molecule has 3 unspecified atom stereocenters. The molecular formula is C33H55N3O. The minimum absolute atomic E-state index is 0.279. The predicted molar refractivity (Wildman–Crippen MR) is 157 cm³/mol. The summed E-state index contributed by atoms with van der Waals surface area (Å²) in [5.74, 6) is 2.84. The van der Waals surface area contributed by atoms with Crippen LogP contribution in [-0.2, 0) is 6.54 Å². The van der Waals surface area contributed by atoms with Crippen LogP contribution in [0, 0.1) is 17.8 Å². The topological polar surface area (TPSA) is 26.8 Å². The third kappa shape index (κ3) is 7.97. The van der Waals surface area contributed by atoms with Crippen LogP contribution in [0.2, 0.25) is 0 Å². The summed E-state index contributed by atoms with van der Waals surface area (Å²) >= 11 is 0. The largest absolute Gasteiger partial charge is 0.369 e. The maximum atomic E-state index is 13.2. The molecule has 37 heavy (non-hydrogen) atoms. The van der Waals surface area contributed by atoms with Crippen molar-refractivity contribution >= 4 is 11.6 Å². The Kier molecular flexibility index (Phi) is 10.8. The van der Waals surface area contributed by atoms with E-state index in [1.165, 1.54) is 94.8 Å². The molecule has 0 bridgehead atoms. The standard InChI is InChI=1S/C33H55N3O/c1-5-26(2)11-9-12-27(3)13-10-14-28(4)24-34-19-21-35(22-20-34)31-18-17-29-25-36(33(37)32(29)23-31)30-15-7-6-8-16-30/h17-18,23,26-28,30H,5-16,19-22,24-25H2,1-4H3. The highest BCUT2D eigenvalue weighted by atomic mass is 16.2. The van der Waals surface area contributed by atoms with Crippen LogP contribution in [0.1, 0.15) is 121 Å². The summed E-state index contributed by atoms with van der Waals surface area (Å²) in [7, 11) is 0. The maximum Gasteiger partial charge on any atom is 0.254 e. The van der Waals surface area contributed by atoms with Crippen molar-refractivity contribution in [2.45, 2.75) is 117 Å². The Balaban J connectivity index is 1.16. The lowest BCUT2D eigenvalue weighted by molar-refractivity contribution is 0.0660. The van der Waals surface area contributed by atoms with E-state index >= 15 is 0 Å². The highest BCUT2D eigenvalue weighted by molar-refractivity contribution is 5.99. The maximum absolute atomic E-state index is 13.2. The van der Waals surface area contributed by atoms with Gasteiger partial charge in [-0.3, -0.25) is 9.69 Å². The molecule has 1 aliphatic carbocycles. The van der Waals surface area contributed by atoms with E-state index in [2.05, 4.69) is 60.6 Å². The number of carbonyl (C=O) groups is 1. The minimum atomic E-state index is 0.279. The second kappa shape index (κ2) is 14.0. The Hall–Kier alpha value is -1.55. The molecule has 4 nitrogen and oxygen atoms in total. The van der Waals surface area contributed by atoms with E-state index in [1.54, 1.807) is 0 Å². The molecule has 1 aromatic rings. The first-order chi connectivity index (χ1) is 17.9.